The number of fused-ring (bicyclic) bond motifs is 1. The Labute approximate surface area is 146 Å². The van der Waals surface area contributed by atoms with E-state index in [9.17, 15) is 13.2 Å². The number of aryl methyl sites for hydroxylation is 1. The number of alkyl halides is 3. The van der Waals surface area contributed by atoms with Crippen LogP contribution in [0.15, 0.2) is 48.8 Å². The van der Waals surface area contributed by atoms with Crippen molar-refractivity contribution in [1.82, 2.24) is 29.9 Å². The highest BCUT2D eigenvalue weighted by molar-refractivity contribution is 5.87. The molecule has 132 valence electrons. The van der Waals surface area contributed by atoms with Crippen molar-refractivity contribution < 1.29 is 13.2 Å². The predicted molar refractivity (Wildman–Crippen MR) is 88.0 cm³/mol. The molecule has 1 aliphatic rings. The molecule has 0 amide bonds. The summed E-state index contributed by atoms with van der Waals surface area (Å²) < 4.78 is 43.5. The van der Waals surface area contributed by atoms with Crippen LogP contribution in [-0.4, -0.2) is 36.1 Å². The standard InChI is InChI=1S/C17H13F3N6/c1-26-10-12(24-25-26)14-13-11(6-5-9-21-13)22-15(23-14)16(17(18,19)20)7-3-2-4-8-16/h2-7,9-10H,8H2,1H3. The van der Waals surface area contributed by atoms with E-state index < -0.39 is 11.6 Å². The van der Waals surface area contributed by atoms with Crippen LogP contribution >= 0.6 is 0 Å². The second kappa shape index (κ2) is 5.72. The van der Waals surface area contributed by atoms with Gasteiger partial charge in [0, 0.05) is 13.2 Å². The topological polar surface area (TPSA) is 69.4 Å². The second-order valence-electron chi connectivity index (χ2n) is 6.00. The first-order chi connectivity index (χ1) is 12.4. The summed E-state index contributed by atoms with van der Waals surface area (Å²) in [5.41, 5.74) is -1.02. The van der Waals surface area contributed by atoms with Gasteiger partial charge in [-0.05, 0) is 18.6 Å². The summed E-state index contributed by atoms with van der Waals surface area (Å²) in [5.74, 6) is -0.327. The highest BCUT2D eigenvalue weighted by Crippen LogP contribution is 2.46. The number of rotatable bonds is 2. The molecular weight excluding hydrogens is 345 g/mol. The van der Waals surface area contributed by atoms with E-state index in [0.29, 0.717) is 16.7 Å². The Morgan fingerprint density at radius 3 is 2.69 bits per heavy atom. The molecule has 26 heavy (non-hydrogen) atoms. The molecule has 0 N–H and O–H groups in total. The highest BCUT2D eigenvalue weighted by atomic mass is 19.4. The van der Waals surface area contributed by atoms with E-state index in [0.717, 1.165) is 6.08 Å². The smallest absolute Gasteiger partial charge is 0.255 e. The van der Waals surface area contributed by atoms with Gasteiger partial charge in [-0.1, -0.05) is 29.5 Å². The quantitative estimate of drug-likeness (QED) is 0.704. The van der Waals surface area contributed by atoms with Crippen LogP contribution in [0.3, 0.4) is 0 Å². The molecule has 0 spiro atoms. The number of hydrogen-bond donors (Lipinski definition) is 0. The Morgan fingerprint density at radius 1 is 1.19 bits per heavy atom. The monoisotopic (exact) mass is 358 g/mol. The molecule has 0 aliphatic heterocycles. The molecule has 0 fully saturated rings. The zero-order valence-electron chi connectivity index (χ0n) is 13.6. The van der Waals surface area contributed by atoms with E-state index in [-0.39, 0.29) is 17.9 Å². The van der Waals surface area contributed by atoms with E-state index in [1.807, 2.05) is 0 Å². The van der Waals surface area contributed by atoms with Gasteiger partial charge in [0.05, 0.1) is 11.7 Å². The van der Waals surface area contributed by atoms with Crippen molar-refractivity contribution in [1.29, 1.82) is 0 Å². The SMILES string of the molecule is Cn1cc(-c2nc(C3(C(F)(F)F)C=CC=CC3)nc3cccnc23)nn1. The maximum absolute atomic E-state index is 14.0. The third kappa shape index (κ3) is 2.47. The summed E-state index contributed by atoms with van der Waals surface area (Å²) in [7, 11) is 1.67. The molecule has 1 aliphatic carbocycles. The maximum Gasteiger partial charge on any atom is 0.405 e. The van der Waals surface area contributed by atoms with Gasteiger partial charge in [0.2, 0.25) is 0 Å². The van der Waals surface area contributed by atoms with Crippen molar-refractivity contribution in [2.75, 3.05) is 0 Å². The van der Waals surface area contributed by atoms with Crippen LogP contribution in [0.25, 0.3) is 22.4 Å². The summed E-state index contributed by atoms with van der Waals surface area (Å²) in [6, 6.07) is 3.23. The van der Waals surface area contributed by atoms with E-state index >= 15 is 0 Å². The number of halogens is 3. The Balaban J connectivity index is 2.02. The molecule has 0 radical (unpaired) electrons. The molecule has 1 unspecified atom stereocenters. The van der Waals surface area contributed by atoms with Gasteiger partial charge in [0.15, 0.2) is 0 Å². The number of aromatic nitrogens is 6. The summed E-state index contributed by atoms with van der Waals surface area (Å²) in [6.45, 7) is 0. The minimum Gasteiger partial charge on any atom is -0.255 e. The summed E-state index contributed by atoms with van der Waals surface area (Å²) in [6.07, 6.45) is 3.82. The van der Waals surface area contributed by atoms with E-state index in [1.165, 1.54) is 23.0 Å². The molecule has 0 aromatic carbocycles. The van der Waals surface area contributed by atoms with Gasteiger partial charge in [-0.2, -0.15) is 13.2 Å². The van der Waals surface area contributed by atoms with Gasteiger partial charge in [-0.3, -0.25) is 9.67 Å². The maximum atomic E-state index is 14.0. The second-order valence-corrected chi connectivity index (χ2v) is 6.00. The van der Waals surface area contributed by atoms with Crippen molar-refractivity contribution in [3.05, 3.63) is 54.7 Å². The lowest BCUT2D eigenvalue weighted by Gasteiger charge is -2.32. The van der Waals surface area contributed by atoms with Crippen LogP contribution in [0.5, 0.6) is 0 Å². The van der Waals surface area contributed by atoms with Crippen molar-refractivity contribution in [3.63, 3.8) is 0 Å². The van der Waals surface area contributed by atoms with Crippen LogP contribution in [0, 0.1) is 0 Å². The molecule has 0 bridgehead atoms. The van der Waals surface area contributed by atoms with Gasteiger partial charge < -0.3 is 0 Å². The third-order valence-electron chi connectivity index (χ3n) is 4.27. The zero-order valence-corrected chi connectivity index (χ0v) is 13.6. The molecule has 9 heteroatoms. The van der Waals surface area contributed by atoms with Crippen molar-refractivity contribution >= 4 is 11.0 Å². The van der Waals surface area contributed by atoms with Crippen LogP contribution in [0.1, 0.15) is 12.2 Å². The van der Waals surface area contributed by atoms with E-state index in [1.54, 1.807) is 31.5 Å². The van der Waals surface area contributed by atoms with Crippen molar-refractivity contribution in [2.24, 2.45) is 7.05 Å². The molecule has 0 saturated heterocycles. The minimum absolute atomic E-state index is 0.227. The normalized spacial score (nSPS) is 20.0. The van der Waals surface area contributed by atoms with Crippen LogP contribution in [0.2, 0.25) is 0 Å². The average Bonchev–Trinajstić information content (AvgIpc) is 3.06. The molecule has 1 atom stereocenters. The van der Waals surface area contributed by atoms with Crippen molar-refractivity contribution in [2.45, 2.75) is 18.0 Å². The third-order valence-corrected chi connectivity index (χ3v) is 4.27. The molecule has 4 rings (SSSR count). The van der Waals surface area contributed by atoms with Crippen molar-refractivity contribution in [3.8, 4) is 11.4 Å². The Kier molecular flexibility index (Phi) is 3.60. The van der Waals surface area contributed by atoms with Gasteiger partial charge in [0.25, 0.3) is 0 Å². The Bertz CT molecular complexity index is 1040. The molecule has 3 aromatic rings. The number of nitrogens with zero attached hydrogens (tertiary/aromatic N) is 6. The first kappa shape index (κ1) is 16.4. The minimum atomic E-state index is -4.55. The molecular formula is C17H13F3N6. The first-order valence-corrected chi connectivity index (χ1v) is 7.82. The van der Waals surface area contributed by atoms with E-state index in [2.05, 4.69) is 25.3 Å². The molecule has 0 saturated carbocycles. The number of allylic oxidation sites excluding steroid dienone is 4. The first-order valence-electron chi connectivity index (χ1n) is 7.82. The lowest BCUT2D eigenvalue weighted by molar-refractivity contribution is -0.177. The highest BCUT2D eigenvalue weighted by Gasteiger charge is 2.56. The molecule has 3 aromatic heterocycles. The largest absolute Gasteiger partial charge is 0.405 e. The molecule has 3 heterocycles. The Morgan fingerprint density at radius 2 is 2.04 bits per heavy atom. The van der Waals surface area contributed by atoms with Crippen LogP contribution in [-0.2, 0) is 12.5 Å². The number of pyridine rings is 1. The Hall–Kier alpha value is -3.10. The van der Waals surface area contributed by atoms with Gasteiger partial charge in [-0.25, -0.2) is 9.97 Å². The van der Waals surface area contributed by atoms with Gasteiger partial charge in [-0.15, -0.1) is 5.10 Å². The fraction of sp³-hybridized carbons (Fsp3) is 0.235. The average molecular weight is 358 g/mol. The summed E-state index contributed by atoms with van der Waals surface area (Å²) >= 11 is 0. The fourth-order valence-electron chi connectivity index (χ4n) is 2.92. The van der Waals surface area contributed by atoms with Gasteiger partial charge in [0.1, 0.15) is 28.1 Å². The predicted octanol–water partition coefficient (Wildman–Crippen LogP) is 3.14. The lowest BCUT2D eigenvalue weighted by Crippen LogP contribution is -2.42. The molecule has 6 nitrogen and oxygen atoms in total. The van der Waals surface area contributed by atoms with E-state index in [4.69, 9.17) is 0 Å². The zero-order chi connectivity index (χ0) is 18.4. The van der Waals surface area contributed by atoms with Crippen LogP contribution in [0.4, 0.5) is 13.2 Å². The fourth-order valence-corrected chi connectivity index (χ4v) is 2.92. The lowest BCUT2D eigenvalue weighted by atomic mass is 9.79. The number of hydrogen-bond acceptors (Lipinski definition) is 5. The van der Waals surface area contributed by atoms with Crippen LogP contribution < -0.4 is 0 Å². The summed E-state index contributed by atoms with van der Waals surface area (Å²) in [4.78, 5) is 12.7. The summed E-state index contributed by atoms with van der Waals surface area (Å²) in [5, 5.41) is 7.82. The van der Waals surface area contributed by atoms with Gasteiger partial charge >= 0.3 is 6.18 Å².